The number of carbonyl (C=O) groups excluding carboxylic acids is 1. The van der Waals surface area contributed by atoms with E-state index in [1.807, 2.05) is 0 Å². The Morgan fingerprint density at radius 3 is 3.07 bits per heavy atom. The number of carbonyl (C=O) groups is 1. The van der Waals surface area contributed by atoms with E-state index in [0.29, 0.717) is 35.0 Å². The van der Waals surface area contributed by atoms with Crippen LogP contribution in [0.2, 0.25) is 5.02 Å². The van der Waals surface area contributed by atoms with E-state index in [2.05, 4.69) is 25.3 Å². The largest absolute Gasteiger partial charge is 0.441 e. The van der Waals surface area contributed by atoms with E-state index in [4.69, 9.17) is 16.3 Å². The zero-order chi connectivity index (χ0) is 20.9. The van der Waals surface area contributed by atoms with Gasteiger partial charge in [0, 0.05) is 42.9 Å². The fraction of sp³-hybridized carbons (Fsp3) is 0.400. The van der Waals surface area contributed by atoms with Crippen LogP contribution in [0.1, 0.15) is 25.7 Å². The highest BCUT2D eigenvalue weighted by atomic mass is 35.5. The van der Waals surface area contributed by atoms with Gasteiger partial charge in [-0.2, -0.15) is 0 Å². The fourth-order valence-corrected chi connectivity index (χ4v) is 4.59. The summed E-state index contributed by atoms with van der Waals surface area (Å²) in [7, 11) is 1.73. The molecule has 1 spiro atoms. The maximum absolute atomic E-state index is 14.5. The van der Waals surface area contributed by atoms with Crippen LogP contribution < -0.4 is 5.32 Å². The van der Waals surface area contributed by atoms with Gasteiger partial charge >= 0.3 is 6.09 Å². The topological polar surface area (TPSA) is 96.0 Å². The van der Waals surface area contributed by atoms with Gasteiger partial charge in [-0.05, 0) is 25.3 Å². The van der Waals surface area contributed by atoms with E-state index in [1.165, 1.54) is 0 Å². The molecule has 2 aliphatic rings. The first-order chi connectivity index (χ1) is 14.4. The minimum absolute atomic E-state index is 0.0608. The first kappa shape index (κ1) is 19.0. The Morgan fingerprint density at radius 2 is 2.27 bits per heavy atom. The number of H-pyrrole nitrogens is 1. The van der Waals surface area contributed by atoms with Crippen LogP contribution in [0.4, 0.5) is 15.0 Å². The van der Waals surface area contributed by atoms with Gasteiger partial charge in [-0.3, -0.25) is 0 Å². The van der Waals surface area contributed by atoms with Crippen LogP contribution in [0, 0.1) is 5.82 Å². The van der Waals surface area contributed by atoms with Gasteiger partial charge in [-0.1, -0.05) is 11.6 Å². The van der Waals surface area contributed by atoms with Gasteiger partial charge in [0.1, 0.15) is 11.2 Å². The van der Waals surface area contributed by atoms with E-state index in [9.17, 15) is 9.18 Å². The molecule has 4 heterocycles. The van der Waals surface area contributed by atoms with Crippen molar-refractivity contribution in [3.8, 4) is 11.4 Å². The highest BCUT2D eigenvalue weighted by molar-refractivity contribution is 6.31. The second-order valence-electron chi connectivity index (χ2n) is 7.99. The molecule has 0 radical (unpaired) electrons. The molecule has 2 atom stereocenters. The number of likely N-dealkylation sites (N-methyl/N-ethyl adjacent to an activating group) is 1. The summed E-state index contributed by atoms with van der Waals surface area (Å²) in [5.41, 5.74) is 0.820. The average Bonchev–Trinajstić information content (AvgIpc) is 3.24. The second kappa shape index (κ2) is 7.09. The van der Waals surface area contributed by atoms with Crippen molar-refractivity contribution in [3.05, 3.63) is 35.5 Å². The number of hydrogen-bond acceptors (Lipinski definition) is 6. The molecule has 1 aliphatic heterocycles. The molecule has 1 saturated heterocycles. The van der Waals surface area contributed by atoms with Crippen molar-refractivity contribution < 1.29 is 13.9 Å². The number of halogens is 2. The third-order valence-electron chi connectivity index (χ3n) is 5.77. The Morgan fingerprint density at radius 1 is 1.40 bits per heavy atom. The molecule has 1 amide bonds. The molecule has 0 unspecified atom stereocenters. The van der Waals surface area contributed by atoms with Gasteiger partial charge < -0.3 is 19.9 Å². The highest BCUT2D eigenvalue weighted by Gasteiger charge is 2.46. The van der Waals surface area contributed by atoms with Gasteiger partial charge in [0.2, 0.25) is 0 Å². The maximum atomic E-state index is 14.5. The number of anilines is 1. The summed E-state index contributed by atoms with van der Waals surface area (Å²) in [5, 5.41) is 4.46. The third-order valence-corrected chi connectivity index (χ3v) is 5.97. The Balaban J connectivity index is 1.41. The standard InChI is InChI=1S/C20H20ClFN6O2/c1-28-10-20(30-19(28)29)4-2-3-12(6-20)26-18-15(22)9-25-17(27-18)14-8-24-16-13(14)5-11(21)7-23-16/h5,7-9,12H,2-4,6,10H2,1H3,(H,23,24)(H,25,26,27)/t12-,20-/m0/s1. The van der Waals surface area contributed by atoms with Gasteiger partial charge in [-0.25, -0.2) is 24.1 Å². The zero-order valence-corrected chi connectivity index (χ0v) is 17.0. The van der Waals surface area contributed by atoms with E-state index in [0.717, 1.165) is 30.8 Å². The number of aromatic nitrogens is 4. The van der Waals surface area contributed by atoms with E-state index in [-0.39, 0.29) is 18.0 Å². The summed E-state index contributed by atoms with van der Waals surface area (Å²) in [6.45, 7) is 0.546. The van der Waals surface area contributed by atoms with Gasteiger partial charge in [0.25, 0.3) is 0 Å². The van der Waals surface area contributed by atoms with Gasteiger partial charge in [0.05, 0.1) is 17.8 Å². The Hall–Kier alpha value is -2.94. The van der Waals surface area contributed by atoms with E-state index < -0.39 is 11.4 Å². The van der Waals surface area contributed by atoms with Crippen LogP contribution in [0.15, 0.2) is 24.7 Å². The monoisotopic (exact) mass is 430 g/mol. The van der Waals surface area contributed by atoms with Crippen LogP contribution >= 0.6 is 11.6 Å². The molecule has 0 aromatic carbocycles. The molecule has 0 bridgehead atoms. The molecule has 5 rings (SSSR count). The minimum Gasteiger partial charge on any atom is -0.441 e. The van der Waals surface area contributed by atoms with Crippen LogP contribution in [0.25, 0.3) is 22.4 Å². The fourth-order valence-electron chi connectivity index (χ4n) is 4.43. The molecule has 156 valence electrons. The smallest absolute Gasteiger partial charge is 0.410 e. The number of ether oxygens (including phenoxy) is 1. The van der Waals surface area contributed by atoms with Crippen LogP contribution in [0.5, 0.6) is 0 Å². The molecular formula is C20H20ClFN6O2. The van der Waals surface area contributed by atoms with Crippen LogP contribution in [-0.4, -0.2) is 56.2 Å². The molecule has 3 aromatic heterocycles. The number of amides is 1. The normalized spacial score (nSPS) is 23.9. The zero-order valence-electron chi connectivity index (χ0n) is 16.3. The van der Waals surface area contributed by atoms with E-state index in [1.54, 1.807) is 30.4 Å². The van der Waals surface area contributed by atoms with Crippen molar-refractivity contribution in [1.29, 1.82) is 0 Å². The predicted molar refractivity (Wildman–Crippen MR) is 110 cm³/mol. The minimum atomic E-state index is -0.532. The molecular weight excluding hydrogens is 411 g/mol. The first-order valence-corrected chi connectivity index (χ1v) is 10.2. The number of nitrogens with one attached hydrogen (secondary N) is 2. The van der Waals surface area contributed by atoms with Crippen molar-refractivity contribution in [2.45, 2.75) is 37.3 Å². The summed E-state index contributed by atoms with van der Waals surface area (Å²) >= 11 is 6.07. The van der Waals surface area contributed by atoms with Crippen LogP contribution in [-0.2, 0) is 4.74 Å². The molecule has 1 saturated carbocycles. The van der Waals surface area contributed by atoms with Gasteiger partial charge in [0.15, 0.2) is 17.5 Å². The van der Waals surface area contributed by atoms with E-state index >= 15 is 0 Å². The van der Waals surface area contributed by atoms with Crippen molar-refractivity contribution in [2.75, 3.05) is 18.9 Å². The lowest BCUT2D eigenvalue weighted by molar-refractivity contribution is 0.0222. The SMILES string of the molecule is CN1C[C@@]2(CCC[C@H](Nc3nc(-c4c[nH]c5ncc(Cl)cc45)ncc3F)C2)OC1=O. The number of aromatic amines is 1. The molecule has 2 fully saturated rings. The second-order valence-corrected chi connectivity index (χ2v) is 8.42. The van der Waals surface area contributed by atoms with Crippen LogP contribution in [0.3, 0.4) is 0 Å². The Bertz CT molecular complexity index is 1140. The molecule has 30 heavy (non-hydrogen) atoms. The summed E-state index contributed by atoms with van der Waals surface area (Å²) < 4.78 is 20.2. The number of rotatable bonds is 3. The lowest BCUT2D eigenvalue weighted by Gasteiger charge is -2.36. The van der Waals surface area contributed by atoms with Crippen molar-refractivity contribution in [1.82, 2.24) is 24.8 Å². The summed E-state index contributed by atoms with van der Waals surface area (Å²) in [4.78, 5) is 29.3. The molecule has 1 aliphatic carbocycles. The number of pyridine rings is 1. The number of fused-ring (bicyclic) bond motifs is 1. The Labute approximate surface area is 176 Å². The summed E-state index contributed by atoms with van der Waals surface area (Å²) in [6.07, 6.45) is 7.26. The van der Waals surface area contributed by atoms with Crippen molar-refractivity contribution in [2.24, 2.45) is 0 Å². The summed E-state index contributed by atoms with van der Waals surface area (Å²) in [6, 6.07) is 1.71. The van der Waals surface area contributed by atoms with Gasteiger partial charge in [-0.15, -0.1) is 0 Å². The lowest BCUT2D eigenvalue weighted by Crippen LogP contribution is -2.43. The van der Waals surface area contributed by atoms with Crippen molar-refractivity contribution in [3.63, 3.8) is 0 Å². The highest BCUT2D eigenvalue weighted by Crippen LogP contribution is 2.38. The Kier molecular flexibility index (Phi) is 4.50. The molecule has 8 nitrogen and oxygen atoms in total. The molecule has 10 heteroatoms. The van der Waals surface area contributed by atoms with Crippen molar-refractivity contribution >= 4 is 34.5 Å². The first-order valence-electron chi connectivity index (χ1n) is 9.79. The number of nitrogens with zero attached hydrogens (tertiary/aromatic N) is 4. The average molecular weight is 431 g/mol. The number of hydrogen-bond donors (Lipinski definition) is 2. The lowest BCUT2D eigenvalue weighted by atomic mass is 9.81. The maximum Gasteiger partial charge on any atom is 0.410 e. The predicted octanol–water partition coefficient (Wildman–Crippen LogP) is 3.99. The molecule has 2 N–H and O–H groups in total. The third kappa shape index (κ3) is 3.32. The quantitative estimate of drug-likeness (QED) is 0.652. The molecule has 3 aromatic rings. The summed E-state index contributed by atoms with van der Waals surface area (Å²) in [5.74, 6) is -0.0364.